The molecule has 3 heteroatoms. The topological polar surface area (TPSA) is 9.23 Å². The first kappa shape index (κ1) is 10.6. The number of rotatable bonds is 2. The van der Waals surface area contributed by atoms with Crippen LogP contribution in [0.5, 0.6) is 11.5 Å². The van der Waals surface area contributed by atoms with Crippen LogP contribution in [0.25, 0.3) is 0 Å². The normalized spacial score (nSPS) is 10.2. The molecule has 0 unspecified atom stereocenters. The zero-order chi connectivity index (χ0) is 11.5. The molecule has 0 atom stereocenters. The van der Waals surface area contributed by atoms with Gasteiger partial charge in [0.15, 0.2) is 11.6 Å². The molecule has 0 saturated heterocycles. The van der Waals surface area contributed by atoms with Gasteiger partial charge >= 0.3 is 0 Å². The summed E-state index contributed by atoms with van der Waals surface area (Å²) in [6, 6.07) is 10.3. The summed E-state index contributed by atoms with van der Waals surface area (Å²) in [6.07, 6.45) is 0. The summed E-state index contributed by atoms with van der Waals surface area (Å²) in [5, 5.41) is 0. The van der Waals surface area contributed by atoms with Gasteiger partial charge in [0.2, 0.25) is 0 Å². The Balaban J connectivity index is 2.27. The van der Waals surface area contributed by atoms with E-state index in [0.717, 1.165) is 0 Å². The van der Waals surface area contributed by atoms with E-state index in [2.05, 4.69) is 0 Å². The molecule has 0 amide bonds. The van der Waals surface area contributed by atoms with Crippen LogP contribution in [0.4, 0.5) is 8.78 Å². The Morgan fingerprint density at radius 2 is 1.62 bits per heavy atom. The van der Waals surface area contributed by atoms with Crippen LogP contribution in [0.2, 0.25) is 0 Å². The summed E-state index contributed by atoms with van der Waals surface area (Å²) >= 11 is 0. The van der Waals surface area contributed by atoms with Crippen molar-refractivity contribution in [3.63, 3.8) is 0 Å². The van der Waals surface area contributed by atoms with Crippen molar-refractivity contribution in [1.82, 2.24) is 0 Å². The van der Waals surface area contributed by atoms with E-state index in [1.54, 1.807) is 19.1 Å². The number of benzene rings is 2. The predicted octanol–water partition coefficient (Wildman–Crippen LogP) is 4.07. The number of aryl methyl sites for hydroxylation is 1. The van der Waals surface area contributed by atoms with Crippen LogP contribution in [0.1, 0.15) is 5.56 Å². The van der Waals surface area contributed by atoms with Crippen molar-refractivity contribution in [3.8, 4) is 11.5 Å². The molecule has 0 aliphatic heterocycles. The molecule has 16 heavy (non-hydrogen) atoms. The maximum atomic E-state index is 13.6. The maximum Gasteiger partial charge on any atom is 0.168 e. The lowest BCUT2D eigenvalue weighted by molar-refractivity contribution is 0.439. The average molecular weight is 220 g/mol. The fourth-order valence-electron chi connectivity index (χ4n) is 1.33. The third-order valence-electron chi connectivity index (χ3n) is 2.20. The molecule has 0 aromatic heterocycles. The molecular formula is C13H10F2O. The molecule has 0 N–H and O–H groups in total. The summed E-state index contributed by atoms with van der Waals surface area (Å²) < 4.78 is 31.5. The van der Waals surface area contributed by atoms with Crippen LogP contribution in [0.15, 0.2) is 42.5 Å². The van der Waals surface area contributed by atoms with E-state index < -0.39 is 5.82 Å². The van der Waals surface area contributed by atoms with Gasteiger partial charge in [0.1, 0.15) is 11.6 Å². The Morgan fingerprint density at radius 1 is 0.938 bits per heavy atom. The van der Waals surface area contributed by atoms with Crippen molar-refractivity contribution >= 4 is 0 Å². The molecule has 0 bridgehead atoms. The lowest BCUT2D eigenvalue weighted by Crippen LogP contribution is -1.90. The number of hydrogen-bond acceptors (Lipinski definition) is 1. The van der Waals surface area contributed by atoms with E-state index in [1.165, 1.54) is 30.3 Å². The molecule has 1 nitrogen and oxygen atoms in total. The minimum atomic E-state index is -0.396. The summed E-state index contributed by atoms with van der Waals surface area (Å²) in [7, 11) is 0. The van der Waals surface area contributed by atoms with Crippen molar-refractivity contribution < 1.29 is 13.5 Å². The van der Waals surface area contributed by atoms with Gasteiger partial charge in [-0.3, -0.25) is 0 Å². The highest BCUT2D eigenvalue weighted by molar-refractivity contribution is 5.35. The molecule has 0 heterocycles. The van der Waals surface area contributed by atoms with E-state index in [0.29, 0.717) is 11.3 Å². The van der Waals surface area contributed by atoms with Crippen molar-refractivity contribution in [3.05, 3.63) is 59.7 Å². The van der Waals surface area contributed by atoms with Gasteiger partial charge in [-0.1, -0.05) is 12.1 Å². The molecule has 2 aromatic rings. The lowest BCUT2D eigenvalue weighted by Gasteiger charge is -2.07. The smallest absolute Gasteiger partial charge is 0.168 e. The Hall–Kier alpha value is -1.90. The van der Waals surface area contributed by atoms with E-state index in [1.807, 2.05) is 0 Å². The number of ether oxygens (including phenoxy) is 1. The minimum Gasteiger partial charge on any atom is -0.454 e. The van der Waals surface area contributed by atoms with Crippen molar-refractivity contribution in [2.75, 3.05) is 0 Å². The first-order valence-corrected chi connectivity index (χ1v) is 4.85. The third kappa shape index (κ3) is 2.19. The second-order valence-electron chi connectivity index (χ2n) is 3.44. The molecule has 0 radical (unpaired) electrons. The standard InChI is InChI=1S/C13H10F2O/c1-9-3-2-4-12(13(9)15)16-11-7-5-10(14)6-8-11/h2-8H,1H3. The van der Waals surface area contributed by atoms with Gasteiger partial charge in [-0.25, -0.2) is 8.78 Å². The molecule has 0 spiro atoms. The monoisotopic (exact) mass is 220 g/mol. The van der Waals surface area contributed by atoms with Crippen LogP contribution in [0.3, 0.4) is 0 Å². The van der Waals surface area contributed by atoms with Crippen molar-refractivity contribution in [1.29, 1.82) is 0 Å². The summed E-state index contributed by atoms with van der Waals surface area (Å²) in [5.41, 5.74) is 0.514. The van der Waals surface area contributed by atoms with Gasteiger partial charge in [0.25, 0.3) is 0 Å². The van der Waals surface area contributed by atoms with Gasteiger partial charge in [-0.05, 0) is 42.8 Å². The van der Waals surface area contributed by atoms with Gasteiger partial charge in [-0.15, -0.1) is 0 Å². The molecule has 2 aromatic carbocycles. The Kier molecular flexibility index (Phi) is 2.86. The second-order valence-corrected chi connectivity index (χ2v) is 3.44. The summed E-state index contributed by atoms with van der Waals surface area (Å²) in [6.45, 7) is 1.66. The highest BCUT2D eigenvalue weighted by Crippen LogP contribution is 2.25. The molecule has 0 fully saturated rings. The van der Waals surface area contributed by atoms with Crippen LogP contribution in [-0.2, 0) is 0 Å². The van der Waals surface area contributed by atoms with E-state index in [4.69, 9.17) is 4.74 Å². The Labute approximate surface area is 92.3 Å². The fraction of sp³-hybridized carbons (Fsp3) is 0.0769. The Bertz CT molecular complexity index is 492. The van der Waals surface area contributed by atoms with Crippen LogP contribution in [0, 0.1) is 18.6 Å². The minimum absolute atomic E-state index is 0.145. The van der Waals surface area contributed by atoms with Gasteiger partial charge in [0.05, 0.1) is 0 Å². The maximum absolute atomic E-state index is 13.6. The fourth-order valence-corrected chi connectivity index (χ4v) is 1.33. The Morgan fingerprint density at radius 3 is 2.31 bits per heavy atom. The molecule has 0 aliphatic carbocycles. The summed E-state index contributed by atoms with van der Waals surface area (Å²) in [4.78, 5) is 0. The SMILES string of the molecule is Cc1cccc(Oc2ccc(F)cc2)c1F. The predicted molar refractivity (Wildman–Crippen MR) is 57.6 cm³/mol. The van der Waals surface area contributed by atoms with Crippen LogP contribution < -0.4 is 4.74 Å². The molecule has 0 saturated carbocycles. The zero-order valence-corrected chi connectivity index (χ0v) is 8.71. The molecule has 2 rings (SSSR count). The van der Waals surface area contributed by atoms with Crippen molar-refractivity contribution in [2.45, 2.75) is 6.92 Å². The molecular weight excluding hydrogens is 210 g/mol. The van der Waals surface area contributed by atoms with Crippen molar-refractivity contribution in [2.24, 2.45) is 0 Å². The van der Waals surface area contributed by atoms with Gasteiger partial charge in [0, 0.05) is 0 Å². The van der Waals surface area contributed by atoms with Gasteiger partial charge < -0.3 is 4.74 Å². The molecule has 0 aliphatic rings. The van der Waals surface area contributed by atoms with Crippen LogP contribution >= 0.6 is 0 Å². The summed E-state index contributed by atoms with van der Waals surface area (Å²) in [5.74, 6) is -0.193. The van der Waals surface area contributed by atoms with E-state index in [9.17, 15) is 8.78 Å². The third-order valence-corrected chi connectivity index (χ3v) is 2.20. The van der Waals surface area contributed by atoms with E-state index in [-0.39, 0.29) is 11.6 Å². The number of halogens is 2. The highest BCUT2D eigenvalue weighted by Gasteiger charge is 2.06. The average Bonchev–Trinajstić information content (AvgIpc) is 2.28. The van der Waals surface area contributed by atoms with Crippen LogP contribution in [-0.4, -0.2) is 0 Å². The first-order valence-electron chi connectivity index (χ1n) is 4.85. The largest absolute Gasteiger partial charge is 0.454 e. The highest BCUT2D eigenvalue weighted by atomic mass is 19.1. The number of hydrogen-bond donors (Lipinski definition) is 0. The second kappa shape index (κ2) is 4.31. The lowest BCUT2D eigenvalue weighted by atomic mass is 10.2. The first-order chi connectivity index (χ1) is 7.66. The van der Waals surface area contributed by atoms with Gasteiger partial charge in [-0.2, -0.15) is 0 Å². The van der Waals surface area contributed by atoms with E-state index >= 15 is 0 Å². The molecule has 82 valence electrons. The zero-order valence-electron chi connectivity index (χ0n) is 8.71. The quantitative estimate of drug-likeness (QED) is 0.741.